The Kier molecular flexibility index (Phi) is 2.89. The average molecular weight is 276 g/mol. The number of hydrogen-bond acceptors (Lipinski definition) is 5. The Morgan fingerprint density at radius 2 is 2.11 bits per heavy atom. The fourth-order valence-corrected chi connectivity index (χ4v) is 2.30. The Morgan fingerprint density at radius 1 is 1.44 bits per heavy atom. The fraction of sp³-hybridized carbons (Fsp3) is 0.200. The summed E-state index contributed by atoms with van der Waals surface area (Å²) in [4.78, 5) is 14.9. The molecule has 0 saturated carbocycles. The van der Waals surface area contributed by atoms with Crippen LogP contribution in [0.4, 0.5) is 18.3 Å². The molecule has 0 aliphatic rings. The third-order valence-corrected chi connectivity index (χ3v) is 3.07. The van der Waals surface area contributed by atoms with Crippen molar-refractivity contribution in [2.24, 2.45) is 0 Å². The number of thiazole rings is 1. The number of halogens is 3. The highest BCUT2D eigenvalue weighted by atomic mass is 32.1. The topological polar surface area (TPSA) is 65.2 Å². The molecule has 0 atom stereocenters. The zero-order chi connectivity index (χ0) is 13.5. The van der Waals surface area contributed by atoms with Gasteiger partial charge in [-0.15, -0.1) is 0 Å². The molecule has 2 rings (SSSR count). The second-order valence-electron chi connectivity index (χ2n) is 3.41. The summed E-state index contributed by atoms with van der Waals surface area (Å²) in [7, 11) is 1.10. The molecule has 0 bridgehead atoms. The Hall–Kier alpha value is -1.83. The number of nitrogen functional groups attached to an aromatic ring is 1. The summed E-state index contributed by atoms with van der Waals surface area (Å²) in [5, 5.41) is 0.0116. The molecule has 2 aromatic rings. The molecule has 0 amide bonds. The van der Waals surface area contributed by atoms with Crippen molar-refractivity contribution < 1.29 is 22.7 Å². The van der Waals surface area contributed by atoms with Crippen LogP contribution in [0.3, 0.4) is 0 Å². The van der Waals surface area contributed by atoms with Crippen molar-refractivity contribution in [3.8, 4) is 0 Å². The van der Waals surface area contributed by atoms with Crippen LogP contribution in [0.2, 0.25) is 0 Å². The van der Waals surface area contributed by atoms with Gasteiger partial charge in [-0.05, 0) is 12.1 Å². The summed E-state index contributed by atoms with van der Waals surface area (Å²) in [6.45, 7) is 0. The molecule has 0 spiro atoms. The summed E-state index contributed by atoms with van der Waals surface area (Å²) in [5.41, 5.74) is 3.96. The van der Waals surface area contributed by atoms with Crippen LogP contribution in [0.25, 0.3) is 10.2 Å². The van der Waals surface area contributed by atoms with Crippen molar-refractivity contribution in [2.75, 3.05) is 12.8 Å². The first-order valence-corrected chi connectivity index (χ1v) is 5.50. The SMILES string of the molecule is COC(=O)c1cc(C(F)(F)F)c2nc(N)sc2c1. The van der Waals surface area contributed by atoms with E-state index in [1.165, 1.54) is 6.07 Å². The van der Waals surface area contributed by atoms with Gasteiger partial charge in [-0.3, -0.25) is 0 Å². The van der Waals surface area contributed by atoms with E-state index in [0.717, 1.165) is 18.4 Å². The molecule has 8 heteroatoms. The minimum absolute atomic E-state index is 0.0116. The third-order valence-electron chi connectivity index (χ3n) is 2.24. The molecule has 18 heavy (non-hydrogen) atoms. The maximum atomic E-state index is 12.8. The first-order chi connectivity index (χ1) is 8.32. The van der Waals surface area contributed by atoms with Crippen molar-refractivity contribution in [1.82, 2.24) is 4.98 Å². The van der Waals surface area contributed by atoms with Gasteiger partial charge >= 0.3 is 12.1 Å². The molecule has 1 aromatic heterocycles. The number of hydrogen-bond donors (Lipinski definition) is 1. The second-order valence-corrected chi connectivity index (χ2v) is 4.47. The quantitative estimate of drug-likeness (QED) is 0.813. The molecule has 96 valence electrons. The van der Waals surface area contributed by atoms with Gasteiger partial charge in [0.15, 0.2) is 5.13 Å². The smallest absolute Gasteiger partial charge is 0.418 e. The van der Waals surface area contributed by atoms with Gasteiger partial charge in [0.2, 0.25) is 0 Å². The monoisotopic (exact) mass is 276 g/mol. The van der Waals surface area contributed by atoms with E-state index < -0.39 is 17.7 Å². The number of benzene rings is 1. The third kappa shape index (κ3) is 2.10. The molecule has 1 aromatic carbocycles. The summed E-state index contributed by atoms with van der Waals surface area (Å²) < 4.78 is 43.1. The summed E-state index contributed by atoms with van der Waals surface area (Å²) in [6, 6.07) is 2.00. The zero-order valence-electron chi connectivity index (χ0n) is 9.04. The van der Waals surface area contributed by atoms with Gasteiger partial charge in [0, 0.05) is 0 Å². The van der Waals surface area contributed by atoms with Crippen LogP contribution in [-0.2, 0) is 10.9 Å². The Bertz CT molecular complexity index is 621. The van der Waals surface area contributed by atoms with E-state index in [1.54, 1.807) is 0 Å². The molecule has 4 nitrogen and oxygen atoms in total. The predicted octanol–water partition coefficient (Wildman–Crippen LogP) is 2.68. The Morgan fingerprint density at radius 3 is 2.67 bits per heavy atom. The van der Waals surface area contributed by atoms with Crippen LogP contribution in [0.5, 0.6) is 0 Å². The minimum Gasteiger partial charge on any atom is -0.465 e. The van der Waals surface area contributed by atoms with Gasteiger partial charge < -0.3 is 10.5 Å². The number of alkyl halides is 3. The van der Waals surface area contributed by atoms with E-state index >= 15 is 0 Å². The van der Waals surface area contributed by atoms with Crippen molar-refractivity contribution in [1.29, 1.82) is 0 Å². The lowest BCUT2D eigenvalue weighted by Crippen LogP contribution is -2.09. The molecule has 0 fully saturated rings. The molecule has 0 saturated heterocycles. The molecule has 2 N–H and O–H groups in total. The highest BCUT2D eigenvalue weighted by Crippen LogP contribution is 2.38. The highest BCUT2D eigenvalue weighted by Gasteiger charge is 2.35. The fourth-order valence-electron chi connectivity index (χ4n) is 1.50. The van der Waals surface area contributed by atoms with Crippen LogP contribution >= 0.6 is 11.3 Å². The molecule has 0 radical (unpaired) electrons. The Labute approximate surface area is 103 Å². The van der Waals surface area contributed by atoms with E-state index in [-0.39, 0.29) is 20.9 Å². The van der Waals surface area contributed by atoms with Crippen LogP contribution in [0, 0.1) is 0 Å². The normalized spacial score (nSPS) is 11.8. The van der Waals surface area contributed by atoms with Gasteiger partial charge in [-0.25, -0.2) is 9.78 Å². The van der Waals surface area contributed by atoms with Gasteiger partial charge in [0.25, 0.3) is 0 Å². The van der Waals surface area contributed by atoms with Crippen LogP contribution in [0.1, 0.15) is 15.9 Å². The second kappa shape index (κ2) is 4.13. The number of rotatable bonds is 1. The lowest BCUT2D eigenvalue weighted by molar-refractivity contribution is -0.136. The van der Waals surface area contributed by atoms with Crippen molar-refractivity contribution in [2.45, 2.75) is 6.18 Å². The first kappa shape index (κ1) is 12.6. The highest BCUT2D eigenvalue weighted by molar-refractivity contribution is 7.22. The summed E-state index contributed by atoms with van der Waals surface area (Å²) in [6.07, 6.45) is -4.61. The summed E-state index contributed by atoms with van der Waals surface area (Å²) in [5.74, 6) is -0.839. The Balaban J connectivity index is 2.76. The number of nitrogens with two attached hydrogens (primary N) is 1. The van der Waals surface area contributed by atoms with E-state index in [1.807, 2.05) is 0 Å². The van der Waals surface area contributed by atoms with Crippen LogP contribution in [-0.4, -0.2) is 18.1 Å². The van der Waals surface area contributed by atoms with E-state index in [0.29, 0.717) is 6.07 Å². The number of carbonyl (C=O) groups excluding carboxylic acids is 1. The molecular formula is C10H7F3N2O2S. The number of ether oxygens (including phenoxy) is 1. The number of methoxy groups -OCH3 is 1. The van der Waals surface area contributed by atoms with Crippen molar-refractivity contribution in [3.05, 3.63) is 23.3 Å². The number of nitrogens with zero attached hydrogens (tertiary/aromatic N) is 1. The van der Waals surface area contributed by atoms with Gasteiger partial charge in [-0.1, -0.05) is 11.3 Å². The number of fused-ring (bicyclic) bond motifs is 1. The minimum atomic E-state index is -4.61. The number of aromatic nitrogens is 1. The molecule has 0 aliphatic heterocycles. The predicted molar refractivity (Wildman–Crippen MR) is 60.4 cm³/mol. The van der Waals surface area contributed by atoms with E-state index in [4.69, 9.17) is 5.73 Å². The zero-order valence-corrected chi connectivity index (χ0v) is 9.85. The van der Waals surface area contributed by atoms with E-state index in [9.17, 15) is 18.0 Å². The van der Waals surface area contributed by atoms with Crippen molar-refractivity contribution in [3.63, 3.8) is 0 Å². The first-order valence-electron chi connectivity index (χ1n) is 4.68. The number of anilines is 1. The van der Waals surface area contributed by atoms with Gasteiger partial charge in [0.05, 0.1) is 28.5 Å². The maximum absolute atomic E-state index is 12.8. The molecular weight excluding hydrogens is 269 g/mol. The summed E-state index contributed by atoms with van der Waals surface area (Å²) >= 11 is 0.883. The van der Waals surface area contributed by atoms with Crippen LogP contribution in [0.15, 0.2) is 12.1 Å². The largest absolute Gasteiger partial charge is 0.465 e. The standard InChI is InChI=1S/C10H7F3N2O2S/c1-17-8(16)4-2-5(10(11,12)13)7-6(3-4)18-9(14)15-7/h2-3H,1H3,(H2,14,15). The van der Waals surface area contributed by atoms with Gasteiger partial charge in [-0.2, -0.15) is 13.2 Å². The average Bonchev–Trinajstić information content (AvgIpc) is 2.65. The maximum Gasteiger partial charge on any atom is 0.418 e. The molecule has 1 heterocycles. The lowest BCUT2D eigenvalue weighted by Gasteiger charge is -2.08. The van der Waals surface area contributed by atoms with Crippen molar-refractivity contribution >= 4 is 32.7 Å². The van der Waals surface area contributed by atoms with Gasteiger partial charge in [0.1, 0.15) is 0 Å². The number of esters is 1. The van der Waals surface area contributed by atoms with Crippen LogP contribution < -0.4 is 5.73 Å². The molecule has 0 unspecified atom stereocenters. The number of carbonyl (C=O) groups is 1. The molecule has 0 aliphatic carbocycles. The lowest BCUT2D eigenvalue weighted by atomic mass is 10.1. The van der Waals surface area contributed by atoms with E-state index in [2.05, 4.69) is 9.72 Å².